The molecule has 1 aliphatic heterocycles. The molecule has 2 aromatic rings. The molecule has 220 valence electrons. The topological polar surface area (TPSA) is 32.7 Å². The molecule has 4 heteroatoms. The third kappa shape index (κ3) is 5.31. The Morgan fingerprint density at radius 2 is 1.60 bits per heavy atom. The van der Waals surface area contributed by atoms with Gasteiger partial charge in [-0.2, -0.15) is 0 Å². The summed E-state index contributed by atoms with van der Waals surface area (Å²) in [5.74, 6) is 1.40. The number of nitrogens with zero attached hydrogens (tertiary/aromatic N) is 1. The van der Waals surface area contributed by atoms with Crippen molar-refractivity contribution in [2.45, 2.75) is 122 Å². The second kappa shape index (κ2) is 10.7. The minimum Gasteiger partial charge on any atom is -0.543 e. The zero-order valence-electron chi connectivity index (χ0n) is 27.2. The first kappa shape index (κ1) is 30.9. The second-order valence-corrected chi connectivity index (χ2v) is 20.2. The van der Waals surface area contributed by atoms with Gasteiger partial charge in [-0.15, -0.1) is 0 Å². The normalized spacial score (nSPS) is 25.1. The molecule has 1 fully saturated rings. The number of allylic oxidation sites excluding steroid dienone is 1. The van der Waals surface area contributed by atoms with E-state index < -0.39 is 14.4 Å². The first-order valence-corrected chi connectivity index (χ1v) is 18.3. The van der Waals surface area contributed by atoms with Gasteiger partial charge in [-0.25, -0.2) is 0 Å². The van der Waals surface area contributed by atoms with Crippen molar-refractivity contribution in [3.8, 4) is 5.75 Å². The van der Waals surface area contributed by atoms with Crippen molar-refractivity contribution >= 4 is 14.0 Å². The first-order valence-electron chi connectivity index (χ1n) is 15.4. The lowest BCUT2D eigenvalue weighted by molar-refractivity contribution is 0.0208. The summed E-state index contributed by atoms with van der Waals surface area (Å²) >= 11 is 0. The number of benzene rings is 2. The van der Waals surface area contributed by atoms with Gasteiger partial charge in [-0.3, -0.25) is 0 Å². The molecule has 1 N–H and O–H groups in total. The maximum atomic E-state index is 12.5. The van der Waals surface area contributed by atoms with Gasteiger partial charge in [-0.1, -0.05) is 96.9 Å². The van der Waals surface area contributed by atoms with Crippen molar-refractivity contribution in [2.24, 2.45) is 11.8 Å². The zero-order chi connectivity index (χ0) is 29.8. The number of anilines is 1. The Morgan fingerprint density at radius 1 is 1.02 bits per heavy atom. The Morgan fingerprint density at radius 3 is 2.10 bits per heavy atom. The number of aliphatic hydroxyl groups excluding tert-OH is 1. The van der Waals surface area contributed by atoms with Gasteiger partial charge in [0.1, 0.15) is 5.75 Å². The number of rotatable bonds is 6. The third-order valence-corrected chi connectivity index (χ3v) is 15.2. The molecule has 1 aliphatic carbocycles. The highest BCUT2D eigenvalue weighted by atomic mass is 28.4. The van der Waals surface area contributed by atoms with Gasteiger partial charge in [0.2, 0.25) is 8.32 Å². The highest BCUT2D eigenvalue weighted by Crippen LogP contribution is 2.60. The first-order chi connectivity index (χ1) is 18.4. The monoisotopic (exact) mass is 561 g/mol. The molecule has 4 rings (SSSR count). The van der Waals surface area contributed by atoms with E-state index in [-0.39, 0.29) is 27.8 Å². The minimum absolute atomic E-state index is 0.0185. The Hall–Kier alpha value is -2.04. The van der Waals surface area contributed by atoms with Crippen molar-refractivity contribution in [1.82, 2.24) is 0 Å². The predicted molar refractivity (Wildman–Crippen MR) is 174 cm³/mol. The molecule has 40 heavy (non-hydrogen) atoms. The molecule has 0 bridgehead atoms. The Balaban J connectivity index is 1.93. The summed E-state index contributed by atoms with van der Waals surface area (Å²) in [6.45, 7) is 27.4. The van der Waals surface area contributed by atoms with Crippen molar-refractivity contribution < 1.29 is 9.53 Å². The maximum absolute atomic E-state index is 12.5. The van der Waals surface area contributed by atoms with Crippen molar-refractivity contribution in [3.05, 3.63) is 71.3 Å². The van der Waals surface area contributed by atoms with Crippen LogP contribution in [0, 0.1) is 11.8 Å². The summed E-state index contributed by atoms with van der Waals surface area (Å²) in [7, 11) is 0.154. The molecule has 0 spiro atoms. The van der Waals surface area contributed by atoms with Crippen LogP contribution in [0.3, 0.4) is 0 Å². The van der Waals surface area contributed by atoms with Gasteiger partial charge in [0.25, 0.3) is 0 Å². The number of hydrogen-bond donors (Lipinski definition) is 1. The van der Waals surface area contributed by atoms with Gasteiger partial charge < -0.3 is 14.4 Å². The number of hydrogen-bond acceptors (Lipinski definition) is 3. The van der Waals surface area contributed by atoms with Crippen molar-refractivity contribution in [3.63, 3.8) is 0 Å². The van der Waals surface area contributed by atoms with Gasteiger partial charge in [-0.05, 0) is 79.4 Å². The number of fused-ring (bicyclic) bond motifs is 1. The number of aliphatic hydroxyl groups is 1. The van der Waals surface area contributed by atoms with Gasteiger partial charge in [0.15, 0.2) is 0 Å². The fraction of sp³-hybridized carbons (Fsp3) is 0.611. The van der Waals surface area contributed by atoms with E-state index >= 15 is 0 Å². The van der Waals surface area contributed by atoms with Crippen LogP contribution in [0.5, 0.6) is 5.75 Å². The van der Waals surface area contributed by atoms with E-state index in [4.69, 9.17) is 4.43 Å². The van der Waals surface area contributed by atoms with E-state index in [1.165, 1.54) is 42.5 Å². The average Bonchev–Trinajstić information content (AvgIpc) is 3.40. The molecular formula is C36H55NO2Si. The Kier molecular flexibility index (Phi) is 8.23. The van der Waals surface area contributed by atoms with Crippen LogP contribution in [0.15, 0.2) is 54.6 Å². The zero-order valence-corrected chi connectivity index (χ0v) is 28.2. The molecule has 4 atom stereocenters. The van der Waals surface area contributed by atoms with Crippen LogP contribution in [-0.4, -0.2) is 26.0 Å². The molecule has 1 heterocycles. The Labute approximate surface area is 246 Å². The van der Waals surface area contributed by atoms with Crippen molar-refractivity contribution in [1.29, 1.82) is 0 Å². The highest BCUT2D eigenvalue weighted by Gasteiger charge is 2.56. The molecule has 3 nitrogen and oxygen atoms in total. The van der Waals surface area contributed by atoms with E-state index in [9.17, 15) is 5.11 Å². The molecule has 0 saturated heterocycles. The quantitative estimate of drug-likeness (QED) is 0.281. The minimum atomic E-state index is -2.10. The van der Waals surface area contributed by atoms with E-state index in [0.717, 1.165) is 16.9 Å². The molecule has 2 aliphatic rings. The predicted octanol–water partition coefficient (Wildman–Crippen LogP) is 9.78. The van der Waals surface area contributed by atoms with Crippen LogP contribution in [0.25, 0.3) is 0 Å². The lowest BCUT2D eigenvalue weighted by Crippen LogP contribution is -2.61. The molecule has 3 unspecified atom stereocenters. The molecule has 0 aromatic heterocycles. The van der Waals surface area contributed by atoms with E-state index in [0.29, 0.717) is 5.92 Å². The van der Waals surface area contributed by atoms with Crippen LogP contribution in [-0.2, 0) is 5.41 Å². The van der Waals surface area contributed by atoms with Gasteiger partial charge in [0, 0.05) is 35.7 Å². The van der Waals surface area contributed by atoms with Gasteiger partial charge >= 0.3 is 0 Å². The van der Waals surface area contributed by atoms with Crippen LogP contribution < -0.4 is 9.33 Å². The summed E-state index contributed by atoms with van der Waals surface area (Å²) in [5.41, 5.74) is 5.65. The standard InChI is InChI=1S/C36H55NO2Si/c1-24(2)30-31-28(18-15-19-29(31)39-40(11,12)35(6,7)8)37(10)36(9,27-16-13-14-17-27)32(30)33(38)25-20-22-26(23-21-25)34(3,4)5/h15,18-23,27,30,32-33,38H,1,13-14,16-17H2,2-12H3/t30?,32?,33-,36?/m1/s1. The fourth-order valence-electron chi connectivity index (χ4n) is 7.15. The fourth-order valence-corrected chi connectivity index (χ4v) is 8.19. The largest absolute Gasteiger partial charge is 0.543 e. The second-order valence-electron chi connectivity index (χ2n) is 15.5. The maximum Gasteiger partial charge on any atom is 0.250 e. The summed E-state index contributed by atoms with van der Waals surface area (Å²) in [4.78, 5) is 2.51. The van der Waals surface area contributed by atoms with Crippen LogP contribution >= 0.6 is 0 Å². The SMILES string of the molecule is C=C(C)C1c2c(O[Si](C)(C)C(C)(C)C)cccc2N(C)C(C)(C2CCCC2)C1[C@H](O)c1ccc(C(C)(C)C)cc1. The third-order valence-electron chi connectivity index (χ3n) is 10.8. The average molecular weight is 562 g/mol. The van der Waals surface area contributed by atoms with Crippen LogP contribution in [0.1, 0.15) is 110 Å². The summed E-state index contributed by atoms with van der Waals surface area (Å²) < 4.78 is 7.06. The molecule has 0 amide bonds. The summed E-state index contributed by atoms with van der Waals surface area (Å²) in [5, 5.41) is 12.5. The lowest BCUT2D eigenvalue weighted by atomic mass is 9.59. The van der Waals surface area contributed by atoms with E-state index in [1.54, 1.807) is 0 Å². The van der Waals surface area contributed by atoms with Crippen LogP contribution in [0.4, 0.5) is 5.69 Å². The molecule has 0 radical (unpaired) electrons. The smallest absolute Gasteiger partial charge is 0.250 e. The van der Waals surface area contributed by atoms with E-state index in [1.807, 2.05) is 0 Å². The van der Waals surface area contributed by atoms with E-state index in [2.05, 4.69) is 129 Å². The summed E-state index contributed by atoms with van der Waals surface area (Å²) in [6, 6.07) is 15.3. The highest BCUT2D eigenvalue weighted by molar-refractivity contribution is 6.74. The molecular weight excluding hydrogens is 506 g/mol. The molecule has 2 aromatic carbocycles. The molecule has 1 saturated carbocycles. The van der Waals surface area contributed by atoms with Gasteiger partial charge in [0.05, 0.1) is 6.10 Å². The Bertz CT molecular complexity index is 1210. The van der Waals surface area contributed by atoms with Crippen LogP contribution in [0.2, 0.25) is 18.1 Å². The lowest BCUT2D eigenvalue weighted by Gasteiger charge is -2.58. The van der Waals surface area contributed by atoms with Crippen molar-refractivity contribution in [2.75, 3.05) is 11.9 Å². The summed E-state index contributed by atoms with van der Waals surface area (Å²) in [6.07, 6.45) is 4.29.